The highest BCUT2D eigenvalue weighted by Crippen LogP contribution is 2.18. The molecule has 2 aromatic rings. The van der Waals surface area contributed by atoms with E-state index in [1.807, 2.05) is 24.3 Å². The molecule has 1 N–H and O–H groups in total. The smallest absolute Gasteiger partial charge is 0.206 e. The van der Waals surface area contributed by atoms with Crippen LogP contribution in [-0.4, -0.2) is 33.5 Å². The molecule has 1 unspecified atom stereocenters. The van der Waals surface area contributed by atoms with Crippen LogP contribution in [0.2, 0.25) is 0 Å². The maximum atomic E-state index is 12.4. The number of aromatic nitrogens is 2. The third-order valence-electron chi connectivity index (χ3n) is 3.41. The lowest BCUT2D eigenvalue weighted by Crippen LogP contribution is -2.25. The molecule has 0 aliphatic carbocycles. The number of rotatable bonds is 8. The molecular formula is C17H18BrN3O3. The molecular weight excluding hydrogens is 374 g/mol. The van der Waals surface area contributed by atoms with Crippen LogP contribution in [0, 0.1) is 0 Å². The Morgan fingerprint density at radius 2 is 1.88 bits per heavy atom. The van der Waals surface area contributed by atoms with Crippen molar-refractivity contribution in [1.29, 1.82) is 0 Å². The van der Waals surface area contributed by atoms with Gasteiger partial charge in [0.2, 0.25) is 5.78 Å². The quantitative estimate of drug-likeness (QED) is 0.423. The van der Waals surface area contributed by atoms with Crippen molar-refractivity contribution >= 4 is 33.3 Å². The highest BCUT2D eigenvalue weighted by molar-refractivity contribution is 9.10. The van der Waals surface area contributed by atoms with E-state index in [1.54, 1.807) is 14.0 Å². The fourth-order valence-corrected chi connectivity index (χ4v) is 2.56. The van der Waals surface area contributed by atoms with Crippen LogP contribution in [0.1, 0.15) is 29.4 Å². The summed E-state index contributed by atoms with van der Waals surface area (Å²) in [4.78, 5) is 31.5. The first-order valence-corrected chi connectivity index (χ1v) is 8.37. The standard InChI is InChI=1S/C17H18BrN3O3/c1-3-13(22)14(18)16(23)15-17(20-9-8-19-15)21-10-11-4-6-12(24-2)7-5-11/h4-9,14H,3,10H2,1-2H3,(H,20,21). The SMILES string of the molecule is CCC(=O)C(Br)C(=O)c1nccnc1NCc1ccc(OC)cc1. The van der Waals surface area contributed by atoms with E-state index in [-0.39, 0.29) is 17.9 Å². The number of halogens is 1. The Balaban J connectivity index is 2.13. The highest BCUT2D eigenvalue weighted by Gasteiger charge is 2.26. The molecule has 1 aromatic heterocycles. The molecule has 0 spiro atoms. The number of nitrogens with zero attached hydrogens (tertiary/aromatic N) is 2. The third-order valence-corrected chi connectivity index (χ3v) is 4.34. The molecule has 7 heteroatoms. The van der Waals surface area contributed by atoms with Gasteiger partial charge in [-0.05, 0) is 17.7 Å². The van der Waals surface area contributed by atoms with Crippen molar-refractivity contribution in [2.75, 3.05) is 12.4 Å². The second kappa shape index (κ2) is 8.54. The molecule has 24 heavy (non-hydrogen) atoms. The number of carbonyl (C=O) groups is 2. The van der Waals surface area contributed by atoms with Crippen LogP contribution in [0.5, 0.6) is 5.75 Å². The normalized spacial score (nSPS) is 11.6. The fourth-order valence-electron chi connectivity index (χ4n) is 2.02. The van der Waals surface area contributed by atoms with Gasteiger partial charge in [0.1, 0.15) is 16.3 Å². The van der Waals surface area contributed by atoms with Gasteiger partial charge in [-0.1, -0.05) is 35.0 Å². The average Bonchev–Trinajstić information content (AvgIpc) is 2.65. The maximum absolute atomic E-state index is 12.4. The average molecular weight is 392 g/mol. The molecule has 2 rings (SSSR count). The molecule has 0 fully saturated rings. The van der Waals surface area contributed by atoms with Crippen molar-refractivity contribution in [2.24, 2.45) is 0 Å². The molecule has 6 nitrogen and oxygen atoms in total. The number of methoxy groups -OCH3 is 1. The minimum Gasteiger partial charge on any atom is -0.497 e. The van der Waals surface area contributed by atoms with Crippen LogP contribution in [-0.2, 0) is 11.3 Å². The van der Waals surface area contributed by atoms with Gasteiger partial charge < -0.3 is 10.1 Å². The van der Waals surface area contributed by atoms with Crippen molar-refractivity contribution in [1.82, 2.24) is 9.97 Å². The minimum atomic E-state index is -0.902. The molecule has 0 aliphatic rings. The predicted molar refractivity (Wildman–Crippen MR) is 94.7 cm³/mol. The first kappa shape index (κ1) is 18.1. The number of hydrogen-bond acceptors (Lipinski definition) is 6. The largest absolute Gasteiger partial charge is 0.497 e. The molecule has 126 valence electrons. The molecule has 0 saturated heterocycles. The Hall–Kier alpha value is -2.28. The number of nitrogens with one attached hydrogen (secondary N) is 1. The Morgan fingerprint density at radius 1 is 1.21 bits per heavy atom. The summed E-state index contributed by atoms with van der Waals surface area (Å²) in [6.07, 6.45) is 3.20. The number of anilines is 1. The molecule has 0 saturated carbocycles. The van der Waals surface area contributed by atoms with E-state index in [2.05, 4.69) is 31.2 Å². The lowest BCUT2D eigenvalue weighted by atomic mass is 10.1. The van der Waals surface area contributed by atoms with Crippen molar-refractivity contribution in [3.05, 3.63) is 47.9 Å². The zero-order valence-electron chi connectivity index (χ0n) is 13.5. The van der Waals surface area contributed by atoms with Crippen LogP contribution >= 0.6 is 15.9 Å². The van der Waals surface area contributed by atoms with Gasteiger partial charge in [0.15, 0.2) is 11.6 Å². The molecule has 1 aromatic carbocycles. The fraction of sp³-hybridized carbons (Fsp3) is 0.294. The van der Waals surface area contributed by atoms with Crippen molar-refractivity contribution in [2.45, 2.75) is 24.7 Å². The van der Waals surface area contributed by atoms with Crippen LogP contribution in [0.3, 0.4) is 0 Å². The maximum Gasteiger partial charge on any atom is 0.206 e. The van der Waals surface area contributed by atoms with E-state index in [1.165, 1.54) is 12.4 Å². The molecule has 1 atom stereocenters. The van der Waals surface area contributed by atoms with Crippen LogP contribution < -0.4 is 10.1 Å². The summed E-state index contributed by atoms with van der Waals surface area (Å²) in [6.45, 7) is 2.18. The summed E-state index contributed by atoms with van der Waals surface area (Å²) in [5.74, 6) is 0.542. The van der Waals surface area contributed by atoms with E-state index < -0.39 is 10.6 Å². The van der Waals surface area contributed by atoms with Gasteiger partial charge in [-0.3, -0.25) is 9.59 Å². The van der Waals surface area contributed by atoms with Gasteiger partial charge in [-0.25, -0.2) is 9.97 Å². The van der Waals surface area contributed by atoms with Gasteiger partial charge in [0.05, 0.1) is 7.11 Å². The number of hydrogen-bond donors (Lipinski definition) is 1. The van der Waals surface area contributed by atoms with Crippen molar-refractivity contribution < 1.29 is 14.3 Å². The van der Waals surface area contributed by atoms with E-state index in [9.17, 15) is 9.59 Å². The minimum absolute atomic E-state index is 0.148. The second-order valence-corrected chi connectivity index (χ2v) is 5.92. The van der Waals surface area contributed by atoms with Gasteiger partial charge in [0, 0.05) is 25.4 Å². The van der Waals surface area contributed by atoms with Crippen molar-refractivity contribution in [3.8, 4) is 5.75 Å². The first-order valence-electron chi connectivity index (χ1n) is 7.45. The van der Waals surface area contributed by atoms with Gasteiger partial charge in [-0.15, -0.1) is 0 Å². The van der Waals surface area contributed by atoms with Gasteiger partial charge in [-0.2, -0.15) is 0 Å². The predicted octanol–water partition coefficient (Wildman–Crippen LogP) is 3.02. The monoisotopic (exact) mass is 391 g/mol. The zero-order valence-corrected chi connectivity index (χ0v) is 15.0. The lowest BCUT2D eigenvalue weighted by molar-refractivity contribution is -0.117. The van der Waals surface area contributed by atoms with Crippen LogP contribution in [0.15, 0.2) is 36.7 Å². The molecule has 0 bridgehead atoms. The number of alkyl halides is 1. The number of benzene rings is 1. The van der Waals surface area contributed by atoms with Crippen molar-refractivity contribution in [3.63, 3.8) is 0 Å². The Kier molecular flexibility index (Phi) is 6.43. The third kappa shape index (κ3) is 4.38. The number of carbonyl (C=O) groups excluding carboxylic acids is 2. The summed E-state index contributed by atoms with van der Waals surface area (Å²) < 4.78 is 5.12. The van der Waals surface area contributed by atoms with Gasteiger partial charge in [0.25, 0.3) is 0 Å². The zero-order chi connectivity index (χ0) is 17.5. The summed E-state index contributed by atoms with van der Waals surface area (Å²) >= 11 is 3.14. The summed E-state index contributed by atoms with van der Waals surface area (Å²) in [5.41, 5.74) is 1.15. The topological polar surface area (TPSA) is 81.2 Å². The molecule has 0 amide bonds. The van der Waals surface area contributed by atoms with Crippen LogP contribution in [0.25, 0.3) is 0 Å². The van der Waals surface area contributed by atoms with E-state index >= 15 is 0 Å². The summed E-state index contributed by atoms with van der Waals surface area (Å²) in [6, 6.07) is 7.54. The Bertz CT molecular complexity index is 719. The summed E-state index contributed by atoms with van der Waals surface area (Å²) in [5, 5.41) is 3.09. The highest BCUT2D eigenvalue weighted by atomic mass is 79.9. The number of Topliss-reactive ketones (excluding diaryl/α,β-unsaturated/α-hetero) is 2. The Labute approximate surface area is 148 Å². The number of ketones is 2. The molecule has 1 heterocycles. The van der Waals surface area contributed by atoms with E-state index in [0.717, 1.165) is 11.3 Å². The number of ether oxygens (including phenoxy) is 1. The Morgan fingerprint density at radius 3 is 2.50 bits per heavy atom. The molecule has 0 radical (unpaired) electrons. The van der Waals surface area contributed by atoms with Gasteiger partial charge >= 0.3 is 0 Å². The first-order chi connectivity index (χ1) is 11.6. The van der Waals surface area contributed by atoms with Crippen LogP contribution in [0.4, 0.5) is 5.82 Å². The second-order valence-electron chi connectivity index (χ2n) is 5.00. The summed E-state index contributed by atoms with van der Waals surface area (Å²) in [7, 11) is 1.61. The molecule has 0 aliphatic heterocycles. The lowest BCUT2D eigenvalue weighted by Gasteiger charge is -2.11. The van der Waals surface area contributed by atoms with E-state index in [4.69, 9.17) is 4.74 Å². The van der Waals surface area contributed by atoms with E-state index in [0.29, 0.717) is 12.4 Å².